The fourth-order valence-electron chi connectivity index (χ4n) is 2.43. The van der Waals surface area contributed by atoms with E-state index in [-0.39, 0.29) is 5.91 Å². The molecule has 0 saturated carbocycles. The smallest absolute Gasteiger partial charge is 0.248 e. The number of carbonyl (C=O) groups is 1. The van der Waals surface area contributed by atoms with Crippen LogP contribution in [0.4, 0.5) is 5.69 Å². The summed E-state index contributed by atoms with van der Waals surface area (Å²) in [6, 6.07) is 10.9. The highest BCUT2D eigenvalue weighted by Gasteiger charge is 2.06. The van der Waals surface area contributed by atoms with Crippen molar-refractivity contribution in [3.8, 4) is 11.5 Å². The first-order valence-corrected chi connectivity index (χ1v) is 9.33. The van der Waals surface area contributed by atoms with Gasteiger partial charge in [-0.25, -0.2) is 0 Å². The van der Waals surface area contributed by atoms with Crippen LogP contribution in [0.2, 0.25) is 5.02 Å². The van der Waals surface area contributed by atoms with E-state index in [1.807, 2.05) is 31.2 Å². The number of hydrogen-bond acceptors (Lipinski definition) is 3. The summed E-state index contributed by atoms with van der Waals surface area (Å²) in [4.78, 5) is 12.2. The molecule has 0 radical (unpaired) electrons. The van der Waals surface area contributed by atoms with Gasteiger partial charge in [0.05, 0.1) is 13.7 Å². The predicted octanol–water partition coefficient (Wildman–Crippen LogP) is 5.73. The molecule has 0 aliphatic heterocycles. The number of methoxy groups -OCH3 is 1. The van der Waals surface area contributed by atoms with Crippen LogP contribution in [0.15, 0.2) is 42.5 Å². The highest BCUT2D eigenvalue weighted by molar-refractivity contribution is 6.30. The number of rotatable bonds is 8. The molecule has 0 unspecified atom stereocenters. The van der Waals surface area contributed by atoms with Gasteiger partial charge in [0.15, 0.2) is 11.5 Å². The highest BCUT2D eigenvalue weighted by atomic mass is 35.5. The van der Waals surface area contributed by atoms with Crippen LogP contribution in [0.3, 0.4) is 0 Å². The normalized spacial score (nSPS) is 11.0. The Morgan fingerprint density at radius 2 is 1.96 bits per heavy atom. The van der Waals surface area contributed by atoms with Crippen molar-refractivity contribution in [2.24, 2.45) is 5.92 Å². The largest absolute Gasteiger partial charge is 0.493 e. The number of halogens is 1. The summed E-state index contributed by atoms with van der Waals surface area (Å²) in [6.45, 7) is 6.86. The second kappa shape index (κ2) is 10.0. The number of ether oxygens (including phenoxy) is 2. The number of aryl methyl sites for hydroxylation is 1. The molecule has 0 bridgehead atoms. The SMILES string of the molecule is COc1cc(/C=C/C(=O)Nc2ccc(Cl)cc2C)ccc1OCCC(C)C. The van der Waals surface area contributed by atoms with E-state index in [9.17, 15) is 4.79 Å². The van der Waals surface area contributed by atoms with Gasteiger partial charge < -0.3 is 14.8 Å². The summed E-state index contributed by atoms with van der Waals surface area (Å²) in [5.74, 6) is 1.73. The molecule has 4 nitrogen and oxygen atoms in total. The molecule has 5 heteroatoms. The molecule has 144 valence electrons. The number of carbonyl (C=O) groups excluding carboxylic acids is 1. The van der Waals surface area contributed by atoms with Crippen molar-refractivity contribution in [1.29, 1.82) is 0 Å². The van der Waals surface area contributed by atoms with Crippen molar-refractivity contribution < 1.29 is 14.3 Å². The van der Waals surface area contributed by atoms with E-state index >= 15 is 0 Å². The molecule has 27 heavy (non-hydrogen) atoms. The lowest BCUT2D eigenvalue weighted by Crippen LogP contribution is -2.08. The van der Waals surface area contributed by atoms with Crippen molar-refractivity contribution in [1.82, 2.24) is 0 Å². The Balaban J connectivity index is 2.01. The van der Waals surface area contributed by atoms with Crippen LogP contribution in [0.1, 0.15) is 31.4 Å². The number of amides is 1. The zero-order valence-corrected chi connectivity index (χ0v) is 17.0. The molecular weight excluding hydrogens is 362 g/mol. The zero-order valence-electron chi connectivity index (χ0n) is 16.2. The molecule has 0 fully saturated rings. The van der Waals surface area contributed by atoms with E-state index in [0.717, 1.165) is 23.2 Å². The maximum absolute atomic E-state index is 12.2. The summed E-state index contributed by atoms with van der Waals surface area (Å²) in [5.41, 5.74) is 2.50. The first-order valence-electron chi connectivity index (χ1n) is 8.95. The van der Waals surface area contributed by atoms with Gasteiger partial charge >= 0.3 is 0 Å². The average Bonchev–Trinajstić information content (AvgIpc) is 2.62. The van der Waals surface area contributed by atoms with Gasteiger partial charge in [0.1, 0.15) is 0 Å². The van der Waals surface area contributed by atoms with Crippen LogP contribution in [0, 0.1) is 12.8 Å². The van der Waals surface area contributed by atoms with Crippen molar-refractivity contribution in [2.45, 2.75) is 27.2 Å². The minimum atomic E-state index is -0.211. The van der Waals surface area contributed by atoms with Gasteiger partial charge in [0.25, 0.3) is 0 Å². The van der Waals surface area contributed by atoms with Gasteiger partial charge in [-0.15, -0.1) is 0 Å². The minimum absolute atomic E-state index is 0.211. The van der Waals surface area contributed by atoms with E-state index in [4.69, 9.17) is 21.1 Å². The maximum Gasteiger partial charge on any atom is 0.248 e. The van der Waals surface area contributed by atoms with Gasteiger partial charge in [-0.05, 0) is 66.8 Å². The Labute approximate surface area is 166 Å². The van der Waals surface area contributed by atoms with Gasteiger partial charge in [-0.3, -0.25) is 4.79 Å². The molecule has 2 aromatic carbocycles. The molecule has 0 spiro atoms. The quantitative estimate of drug-likeness (QED) is 0.588. The monoisotopic (exact) mass is 387 g/mol. The van der Waals surface area contributed by atoms with Crippen molar-refractivity contribution in [2.75, 3.05) is 19.0 Å². The Morgan fingerprint density at radius 3 is 2.63 bits per heavy atom. The highest BCUT2D eigenvalue weighted by Crippen LogP contribution is 2.29. The van der Waals surface area contributed by atoms with Gasteiger partial charge in [0.2, 0.25) is 5.91 Å². The molecular formula is C22H26ClNO3. The summed E-state index contributed by atoms with van der Waals surface area (Å²) >= 11 is 5.93. The Morgan fingerprint density at radius 1 is 1.19 bits per heavy atom. The fraction of sp³-hybridized carbons (Fsp3) is 0.318. The zero-order chi connectivity index (χ0) is 19.8. The van der Waals surface area contributed by atoms with E-state index in [0.29, 0.717) is 29.0 Å². The molecule has 0 aliphatic rings. The molecule has 1 N–H and O–H groups in total. The van der Waals surface area contributed by atoms with Crippen LogP contribution >= 0.6 is 11.6 Å². The summed E-state index contributed by atoms with van der Waals surface area (Å²) < 4.78 is 11.2. The van der Waals surface area contributed by atoms with E-state index in [1.165, 1.54) is 6.08 Å². The van der Waals surface area contributed by atoms with Gasteiger partial charge in [0, 0.05) is 16.8 Å². The first kappa shape index (κ1) is 20.8. The van der Waals surface area contributed by atoms with Crippen molar-refractivity contribution in [3.63, 3.8) is 0 Å². The van der Waals surface area contributed by atoms with Crippen LogP contribution in [-0.4, -0.2) is 19.6 Å². The summed E-state index contributed by atoms with van der Waals surface area (Å²) in [7, 11) is 1.61. The standard InChI is InChI=1S/C22H26ClNO3/c1-15(2)11-12-27-20-9-5-17(14-21(20)26-4)6-10-22(25)24-19-8-7-18(23)13-16(19)3/h5-10,13-15H,11-12H2,1-4H3,(H,24,25)/b10-6+. The van der Waals surface area contributed by atoms with Crippen LogP contribution < -0.4 is 14.8 Å². The van der Waals surface area contributed by atoms with Crippen LogP contribution in [-0.2, 0) is 4.79 Å². The topological polar surface area (TPSA) is 47.6 Å². The lowest BCUT2D eigenvalue weighted by molar-refractivity contribution is -0.111. The van der Waals surface area contributed by atoms with E-state index < -0.39 is 0 Å². The number of nitrogens with one attached hydrogen (secondary N) is 1. The third-order valence-electron chi connectivity index (χ3n) is 4.01. The second-order valence-electron chi connectivity index (χ2n) is 6.72. The molecule has 0 saturated heterocycles. The number of hydrogen-bond donors (Lipinski definition) is 1. The second-order valence-corrected chi connectivity index (χ2v) is 7.16. The third-order valence-corrected chi connectivity index (χ3v) is 4.25. The van der Waals surface area contributed by atoms with Crippen LogP contribution in [0.5, 0.6) is 11.5 Å². The molecule has 0 atom stereocenters. The molecule has 0 heterocycles. The lowest BCUT2D eigenvalue weighted by atomic mass is 10.1. The average molecular weight is 388 g/mol. The third kappa shape index (κ3) is 6.65. The number of benzene rings is 2. The molecule has 2 rings (SSSR count). The first-order chi connectivity index (χ1) is 12.9. The lowest BCUT2D eigenvalue weighted by Gasteiger charge is -2.12. The van der Waals surface area contributed by atoms with Gasteiger partial charge in [-0.2, -0.15) is 0 Å². The van der Waals surface area contributed by atoms with E-state index in [2.05, 4.69) is 19.2 Å². The van der Waals surface area contributed by atoms with Gasteiger partial charge in [-0.1, -0.05) is 31.5 Å². The van der Waals surface area contributed by atoms with Crippen LogP contribution in [0.25, 0.3) is 6.08 Å². The maximum atomic E-state index is 12.2. The van der Waals surface area contributed by atoms with E-state index in [1.54, 1.807) is 25.3 Å². The van der Waals surface area contributed by atoms with Crippen molar-refractivity contribution in [3.05, 3.63) is 58.6 Å². The summed E-state index contributed by atoms with van der Waals surface area (Å²) in [6.07, 6.45) is 4.21. The number of anilines is 1. The summed E-state index contributed by atoms with van der Waals surface area (Å²) in [5, 5.41) is 3.49. The molecule has 2 aromatic rings. The Bertz CT molecular complexity index is 815. The Kier molecular flexibility index (Phi) is 7.74. The Hall–Kier alpha value is -2.46. The molecule has 0 aliphatic carbocycles. The predicted molar refractivity (Wildman–Crippen MR) is 112 cm³/mol. The minimum Gasteiger partial charge on any atom is -0.493 e. The molecule has 1 amide bonds. The fourth-order valence-corrected chi connectivity index (χ4v) is 2.65. The van der Waals surface area contributed by atoms with Crippen molar-refractivity contribution >= 4 is 29.3 Å². The molecule has 0 aromatic heterocycles.